The Hall–Kier alpha value is -1.79. The van der Waals surface area contributed by atoms with Gasteiger partial charge in [0.05, 0.1) is 19.9 Å². The molecule has 0 saturated heterocycles. The summed E-state index contributed by atoms with van der Waals surface area (Å²) < 4.78 is 9.99. The van der Waals surface area contributed by atoms with Gasteiger partial charge in [-0.1, -0.05) is 29.0 Å². The van der Waals surface area contributed by atoms with Gasteiger partial charge in [-0.15, -0.1) is 0 Å². The molecule has 5 nitrogen and oxygen atoms in total. The van der Waals surface area contributed by atoms with Gasteiger partial charge in [-0.3, -0.25) is 0 Å². The number of rotatable bonds is 5. The van der Waals surface area contributed by atoms with Crippen LogP contribution in [0.1, 0.15) is 20.9 Å². The zero-order valence-electron chi connectivity index (χ0n) is 11.9. The first-order valence-electron chi connectivity index (χ1n) is 6.17. The van der Waals surface area contributed by atoms with Crippen LogP contribution in [-0.2, 0) is 11.3 Å². The summed E-state index contributed by atoms with van der Waals surface area (Å²) in [6.07, 6.45) is 0. The van der Waals surface area contributed by atoms with Crippen molar-refractivity contribution in [1.29, 1.82) is 0 Å². The number of methoxy groups -OCH3 is 2. The third kappa shape index (κ3) is 3.46. The molecule has 112 valence electrons. The highest BCUT2D eigenvalue weighted by Crippen LogP contribution is 2.29. The van der Waals surface area contributed by atoms with E-state index in [1.165, 1.54) is 18.4 Å². The molecule has 1 aromatic carbocycles. The molecule has 0 aliphatic carbocycles. The van der Waals surface area contributed by atoms with Crippen LogP contribution < -0.4 is 10.1 Å². The Morgan fingerprint density at radius 2 is 2.19 bits per heavy atom. The lowest BCUT2D eigenvalue weighted by Crippen LogP contribution is -2.02. The highest BCUT2D eigenvalue weighted by Gasteiger charge is 2.16. The number of thiazole rings is 1. The van der Waals surface area contributed by atoms with Gasteiger partial charge >= 0.3 is 5.97 Å². The van der Waals surface area contributed by atoms with E-state index < -0.39 is 0 Å². The third-order valence-corrected chi connectivity index (χ3v) is 4.33. The summed E-state index contributed by atoms with van der Waals surface area (Å²) in [4.78, 5) is 16.4. The second-order valence-electron chi connectivity index (χ2n) is 4.20. The van der Waals surface area contributed by atoms with Gasteiger partial charge in [0.15, 0.2) is 5.13 Å². The number of aryl methyl sites for hydroxylation is 1. The number of esters is 1. The van der Waals surface area contributed by atoms with Crippen LogP contribution in [0.2, 0.25) is 5.02 Å². The van der Waals surface area contributed by atoms with Crippen LogP contribution in [0.25, 0.3) is 0 Å². The molecule has 0 aliphatic rings. The van der Waals surface area contributed by atoms with E-state index >= 15 is 0 Å². The molecule has 7 heteroatoms. The van der Waals surface area contributed by atoms with Crippen LogP contribution in [0.4, 0.5) is 5.13 Å². The van der Waals surface area contributed by atoms with Crippen LogP contribution in [0, 0.1) is 6.92 Å². The number of nitrogens with zero attached hydrogens (tertiary/aromatic N) is 1. The van der Waals surface area contributed by atoms with E-state index in [0.717, 1.165) is 5.56 Å². The molecule has 0 saturated carbocycles. The zero-order chi connectivity index (χ0) is 15.4. The number of carbonyl (C=O) groups excluding carboxylic acids is 1. The molecule has 2 aromatic rings. The molecule has 1 N–H and O–H groups in total. The maximum absolute atomic E-state index is 11.6. The molecule has 0 aliphatic heterocycles. The van der Waals surface area contributed by atoms with Gasteiger partial charge in [-0.2, -0.15) is 0 Å². The number of hydrogen-bond donors (Lipinski definition) is 1. The monoisotopic (exact) mass is 326 g/mol. The molecule has 0 amide bonds. The second kappa shape index (κ2) is 6.78. The van der Waals surface area contributed by atoms with Crippen molar-refractivity contribution < 1.29 is 14.3 Å². The topological polar surface area (TPSA) is 60.5 Å². The Balaban J connectivity index is 2.16. The van der Waals surface area contributed by atoms with Crippen LogP contribution in [0.5, 0.6) is 5.75 Å². The normalized spacial score (nSPS) is 10.3. The average molecular weight is 327 g/mol. The maximum Gasteiger partial charge on any atom is 0.350 e. The summed E-state index contributed by atoms with van der Waals surface area (Å²) in [5.74, 6) is 0.324. The van der Waals surface area contributed by atoms with Gasteiger partial charge in [0.25, 0.3) is 0 Å². The molecule has 0 spiro atoms. The minimum atomic E-state index is -0.381. The molecule has 0 fully saturated rings. The van der Waals surface area contributed by atoms with Crippen LogP contribution >= 0.6 is 22.9 Å². The molecule has 1 heterocycles. The number of nitrogens with one attached hydrogen (secondary N) is 1. The van der Waals surface area contributed by atoms with Crippen molar-refractivity contribution in [2.45, 2.75) is 13.5 Å². The summed E-state index contributed by atoms with van der Waals surface area (Å²) in [6.45, 7) is 2.22. The minimum Gasteiger partial charge on any atom is -0.496 e. The van der Waals surface area contributed by atoms with Gasteiger partial charge in [0.1, 0.15) is 10.6 Å². The number of benzene rings is 1. The Morgan fingerprint density at radius 3 is 2.86 bits per heavy atom. The standard InChI is InChI=1S/C14H15ClN2O3S/c1-8-12(13(18)20-3)21-14(17-8)16-7-9-10(15)5-4-6-11(9)19-2/h4-6H,7H2,1-3H3,(H,16,17). The summed E-state index contributed by atoms with van der Waals surface area (Å²) >= 11 is 7.42. The van der Waals surface area contributed by atoms with Crippen molar-refractivity contribution in [1.82, 2.24) is 4.98 Å². The predicted molar refractivity (Wildman–Crippen MR) is 83.5 cm³/mol. The lowest BCUT2D eigenvalue weighted by molar-refractivity contribution is 0.0605. The number of ether oxygens (including phenoxy) is 2. The molecule has 0 radical (unpaired) electrons. The predicted octanol–water partition coefficient (Wildman–Crippen LogP) is 3.51. The summed E-state index contributed by atoms with van der Waals surface area (Å²) in [5, 5.41) is 4.40. The van der Waals surface area contributed by atoms with Crippen molar-refractivity contribution in [2.24, 2.45) is 0 Å². The van der Waals surface area contributed by atoms with E-state index in [2.05, 4.69) is 10.3 Å². The van der Waals surface area contributed by atoms with E-state index in [1.807, 2.05) is 12.1 Å². The van der Waals surface area contributed by atoms with Crippen LogP contribution in [0.15, 0.2) is 18.2 Å². The first-order chi connectivity index (χ1) is 10.1. The highest BCUT2D eigenvalue weighted by atomic mass is 35.5. The van der Waals surface area contributed by atoms with E-state index in [0.29, 0.717) is 33.0 Å². The number of anilines is 1. The molecule has 21 heavy (non-hydrogen) atoms. The van der Waals surface area contributed by atoms with Crippen molar-refractivity contribution in [3.63, 3.8) is 0 Å². The van der Waals surface area contributed by atoms with Crippen molar-refractivity contribution >= 4 is 34.0 Å². The number of halogens is 1. The molecule has 2 rings (SSSR count). The largest absolute Gasteiger partial charge is 0.496 e. The van der Waals surface area contributed by atoms with Crippen LogP contribution in [-0.4, -0.2) is 25.2 Å². The Bertz CT molecular complexity index is 658. The molecule has 0 bridgehead atoms. The van der Waals surface area contributed by atoms with Gasteiger partial charge < -0.3 is 14.8 Å². The molecular weight excluding hydrogens is 312 g/mol. The van der Waals surface area contributed by atoms with E-state index in [4.69, 9.17) is 21.1 Å². The summed E-state index contributed by atoms with van der Waals surface area (Å²) in [6, 6.07) is 5.47. The highest BCUT2D eigenvalue weighted by molar-refractivity contribution is 7.17. The molecule has 1 aromatic heterocycles. The molecule has 0 atom stereocenters. The Labute approximate surface area is 131 Å². The lowest BCUT2D eigenvalue weighted by atomic mass is 10.2. The summed E-state index contributed by atoms with van der Waals surface area (Å²) in [5.41, 5.74) is 1.48. The SMILES string of the molecule is COC(=O)c1sc(NCc2c(Cl)cccc2OC)nc1C. The van der Waals surface area contributed by atoms with Gasteiger partial charge in [-0.25, -0.2) is 9.78 Å². The first kappa shape index (κ1) is 15.6. The Kier molecular flexibility index (Phi) is 5.03. The molecular formula is C14H15ClN2O3S. The molecule has 0 unspecified atom stereocenters. The maximum atomic E-state index is 11.6. The summed E-state index contributed by atoms with van der Waals surface area (Å²) in [7, 11) is 2.95. The van der Waals surface area contributed by atoms with E-state index in [-0.39, 0.29) is 5.97 Å². The van der Waals surface area contributed by atoms with Crippen LogP contribution in [0.3, 0.4) is 0 Å². The average Bonchev–Trinajstić information content (AvgIpc) is 2.86. The number of carbonyl (C=O) groups is 1. The van der Waals surface area contributed by atoms with Crippen molar-refractivity contribution in [3.05, 3.63) is 39.4 Å². The second-order valence-corrected chi connectivity index (χ2v) is 5.61. The lowest BCUT2D eigenvalue weighted by Gasteiger charge is -2.10. The quantitative estimate of drug-likeness (QED) is 0.852. The fourth-order valence-corrected chi connectivity index (χ4v) is 2.93. The van der Waals surface area contributed by atoms with Crippen molar-refractivity contribution in [3.8, 4) is 5.75 Å². The zero-order valence-corrected chi connectivity index (χ0v) is 13.5. The van der Waals surface area contributed by atoms with E-state index in [1.54, 1.807) is 20.1 Å². The minimum absolute atomic E-state index is 0.381. The van der Waals surface area contributed by atoms with Crippen molar-refractivity contribution in [2.75, 3.05) is 19.5 Å². The number of aromatic nitrogens is 1. The Morgan fingerprint density at radius 1 is 1.43 bits per heavy atom. The van der Waals surface area contributed by atoms with Gasteiger partial charge in [-0.05, 0) is 19.1 Å². The number of hydrogen-bond acceptors (Lipinski definition) is 6. The van der Waals surface area contributed by atoms with Gasteiger partial charge in [0, 0.05) is 17.1 Å². The first-order valence-corrected chi connectivity index (χ1v) is 7.37. The van der Waals surface area contributed by atoms with Gasteiger partial charge in [0.2, 0.25) is 0 Å². The fraction of sp³-hybridized carbons (Fsp3) is 0.286. The fourth-order valence-electron chi connectivity index (χ4n) is 1.82. The smallest absolute Gasteiger partial charge is 0.350 e. The van der Waals surface area contributed by atoms with E-state index in [9.17, 15) is 4.79 Å². The third-order valence-electron chi connectivity index (χ3n) is 2.88.